The van der Waals surface area contributed by atoms with Crippen molar-refractivity contribution in [2.45, 2.75) is 74.7 Å². The molecule has 14 heteroatoms. The van der Waals surface area contributed by atoms with Gasteiger partial charge in [-0.05, 0) is 67.1 Å². The number of anilines is 1. The van der Waals surface area contributed by atoms with Gasteiger partial charge in [0.1, 0.15) is 18.3 Å². The maximum atomic E-state index is 14.2. The number of ether oxygens (including phenoxy) is 2. The van der Waals surface area contributed by atoms with E-state index in [4.69, 9.17) is 15.2 Å². The van der Waals surface area contributed by atoms with Crippen LogP contribution in [0.2, 0.25) is 0 Å². The molecule has 300 valence electrons. The number of rotatable bonds is 6. The lowest BCUT2D eigenvalue weighted by atomic mass is 9.72. The van der Waals surface area contributed by atoms with E-state index in [1.807, 2.05) is 60.7 Å². The monoisotopic (exact) mass is 785 g/mol. The van der Waals surface area contributed by atoms with Crippen molar-refractivity contribution < 1.29 is 33.6 Å². The van der Waals surface area contributed by atoms with Gasteiger partial charge < -0.3 is 35.7 Å². The summed E-state index contributed by atoms with van der Waals surface area (Å²) in [5.41, 5.74) is 9.89. The van der Waals surface area contributed by atoms with Crippen LogP contribution in [0.4, 0.5) is 5.69 Å². The number of nitrogens with two attached hydrogens (primary N) is 1. The smallest absolute Gasteiger partial charge is 0.401 e. The average Bonchev–Trinajstić information content (AvgIpc) is 3.95. The highest BCUT2D eigenvalue weighted by Crippen LogP contribution is 2.47. The van der Waals surface area contributed by atoms with Gasteiger partial charge >= 0.3 is 5.88 Å². The summed E-state index contributed by atoms with van der Waals surface area (Å²) in [4.78, 5) is 50.4. The molecule has 5 N–H and O–H groups in total. The summed E-state index contributed by atoms with van der Waals surface area (Å²) in [6.45, 7) is 2.56. The number of H-pyrrole nitrogens is 1. The summed E-state index contributed by atoms with van der Waals surface area (Å²) in [6, 6.07) is 25.9. The number of para-hydroxylation sites is 1. The predicted octanol–water partition coefficient (Wildman–Crippen LogP) is 3.03. The fraction of sp³-hybridized carbons (Fsp3) is 0.386. The number of likely N-dealkylation sites (tertiary alicyclic amines) is 1. The van der Waals surface area contributed by atoms with Gasteiger partial charge in [-0.3, -0.25) is 24.0 Å². The van der Waals surface area contributed by atoms with Gasteiger partial charge in [0, 0.05) is 65.8 Å². The zero-order valence-corrected chi connectivity index (χ0v) is 32.9. The molecule has 6 heterocycles. The third-order valence-corrected chi connectivity index (χ3v) is 12.7. The SMILES string of the molecule is CN1C[C@H](C(=O)N[C@]2(C)O[C@@]3(O)[C@@H]4CCCN4C(=O)[C@H](Cc4ccccc4)N3C2=O)CC2c3cccc4[nH]cc(c34)C[C@H]21.COc1cc(N)cn[n+]1-c1ccccc1. The molecule has 0 saturated carbocycles. The fourth-order valence-corrected chi connectivity index (χ4v) is 9.98. The lowest BCUT2D eigenvalue weighted by Gasteiger charge is -2.48. The maximum absolute atomic E-state index is 14.2. The molecule has 10 rings (SSSR count). The molecule has 4 aliphatic heterocycles. The van der Waals surface area contributed by atoms with E-state index >= 15 is 0 Å². The van der Waals surface area contributed by atoms with Crippen molar-refractivity contribution in [3.05, 3.63) is 114 Å². The largest absolute Gasteiger partial charge is 0.446 e. The normalized spacial score (nSPS) is 28.7. The van der Waals surface area contributed by atoms with Gasteiger partial charge in [-0.2, -0.15) is 0 Å². The lowest BCUT2D eigenvalue weighted by molar-refractivity contribution is -0.665. The number of piperidine rings is 1. The van der Waals surface area contributed by atoms with Gasteiger partial charge in [-0.1, -0.05) is 60.7 Å². The standard InChI is InChI=1S/C33H37N5O5.C11H11N3O/c1-32(35-29(39)21-15-23-22-10-6-11-24-28(22)20(17-34-24)16-25(23)36(2)18-21)31(41)38-26(14-19-8-4-3-5-9-19)30(40)37-13-7-12-27(37)33(38,42)43-32;1-15-11-7-9(12)8-13-14(11)10-5-3-2-4-6-10/h3-6,8-11,17,21,23,25-27,34,42H,7,12-16,18H2,1-2H3,(H,35,39);2-8,12H,1H3/p+1/t21-,23?,25-,26+,27+,32-,33+;/m1./s1. The third-order valence-electron chi connectivity index (χ3n) is 12.7. The van der Waals surface area contributed by atoms with Crippen LogP contribution >= 0.6 is 0 Å². The number of aromatic amines is 1. The second kappa shape index (κ2) is 14.5. The third kappa shape index (κ3) is 6.26. The minimum atomic E-state index is -2.03. The first-order chi connectivity index (χ1) is 28.0. The molecule has 3 aromatic carbocycles. The number of hydrogen-bond donors (Lipinski definition) is 4. The van der Waals surface area contributed by atoms with Crippen molar-refractivity contribution >= 4 is 34.3 Å². The number of amides is 3. The van der Waals surface area contributed by atoms with Crippen LogP contribution in [0, 0.1) is 5.92 Å². The first-order valence-corrected chi connectivity index (χ1v) is 20.0. The summed E-state index contributed by atoms with van der Waals surface area (Å²) in [5.74, 6) is -2.70. The number of nitrogens with zero attached hydrogens (tertiary/aromatic N) is 5. The molecule has 1 aliphatic carbocycles. The van der Waals surface area contributed by atoms with Crippen molar-refractivity contribution in [3.63, 3.8) is 0 Å². The molecule has 58 heavy (non-hydrogen) atoms. The summed E-state index contributed by atoms with van der Waals surface area (Å²) >= 11 is 0. The number of nitrogens with one attached hydrogen (secondary N) is 2. The number of nitrogen functional groups attached to an aromatic ring is 1. The highest BCUT2D eigenvalue weighted by Gasteiger charge is 2.70. The number of fused-ring (bicyclic) bond motifs is 5. The number of likely N-dealkylation sites (N-methyl/N-ethyl adjacent to an activating group) is 1. The second-order valence-electron chi connectivity index (χ2n) is 16.3. The Bertz CT molecular complexity index is 2380. The van der Waals surface area contributed by atoms with E-state index in [2.05, 4.69) is 51.7 Å². The molecule has 3 amide bonds. The van der Waals surface area contributed by atoms with Crippen LogP contribution in [-0.4, -0.2) is 105 Å². The number of carbonyl (C=O) groups excluding carboxylic acids is 3. The van der Waals surface area contributed by atoms with Gasteiger partial charge in [0.05, 0.1) is 24.8 Å². The van der Waals surface area contributed by atoms with Crippen molar-refractivity contribution in [1.82, 2.24) is 30.1 Å². The Morgan fingerprint density at radius 2 is 1.86 bits per heavy atom. The summed E-state index contributed by atoms with van der Waals surface area (Å²) in [5, 5.41) is 20.4. The molecule has 2 aromatic heterocycles. The molecule has 1 unspecified atom stereocenters. The van der Waals surface area contributed by atoms with E-state index in [-0.39, 0.29) is 36.1 Å². The van der Waals surface area contributed by atoms with Crippen molar-refractivity contribution in [2.75, 3.05) is 33.0 Å². The number of benzene rings is 3. The molecule has 0 spiro atoms. The maximum Gasteiger partial charge on any atom is 0.401 e. The Kier molecular flexibility index (Phi) is 9.45. The topological polar surface area (TPSA) is 170 Å². The van der Waals surface area contributed by atoms with E-state index in [1.165, 1.54) is 28.3 Å². The molecule has 7 atom stereocenters. The summed E-state index contributed by atoms with van der Waals surface area (Å²) < 4.78 is 13.1. The Hall–Kier alpha value is -5.83. The van der Waals surface area contributed by atoms with Crippen LogP contribution in [0.15, 0.2) is 97.3 Å². The fourth-order valence-electron chi connectivity index (χ4n) is 9.98. The molecular weight excluding hydrogens is 737 g/mol. The lowest BCUT2D eigenvalue weighted by Crippen LogP contribution is -2.71. The van der Waals surface area contributed by atoms with Crippen LogP contribution in [0.25, 0.3) is 16.6 Å². The highest BCUT2D eigenvalue weighted by molar-refractivity contribution is 5.97. The summed E-state index contributed by atoms with van der Waals surface area (Å²) in [7, 11) is 3.65. The van der Waals surface area contributed by atoms with Gasteiger partial charge in [0.15, 0.2) is 0 Å². The van der Waals surface area contributed by atoms with E-state index in [0.717, 1.165) is 23.2 Å². The Balaban J connectivity index is 0.000000245. The van der Waals surface area contributed by atoms with Crippen molar-refractivity contribution in [1.29, 1.82) is 0 Å². The van der Waals surface area contributed by atoms with E-state index < -0.39 is 29.6 Å². The Morgan fingerprint density at radius 1 is 1.10 bits per heavy atom. The van der Waals surface area contributed by atoms with Crippen molar-refractivity contribution in [3.8, 4) is 11.6 Å². The Morgan fingerprint density at radius 3 is 2.62 bits per heavy atom. The highest BCUT2D eigenvalue weighted by atomic mass is 16.7. The first kappa shape index (κ1) is 37.7. The number of aromatic nitrogens is 3. The van der Waals surface area contributed by atoms with Crippen LogP contribution in [0.5, 0.6) is 5.88 Å². The van der Waals surface area contributed by atoms with Crippen LogP contribution < -0.4 is 20.5 Å². The first-order valence-electron chi connectivity index (χ1n) is 20.0. The van der Waals surface area contributed by atoms with Crippen LogP contribution in [0.3, 0.4) is 0 Å². The zero-order chi connectivity index (χ0) is 40.3. The molecule has 5 aliphatic rings. The number of methoxy groups -OCH3 is 1. The van der Waals surface area contributed by atoms with Gasteiger partial charge in [-0.25, -0.2) is 0 Å². The summed E-state index contributed by atoms with van der Waals surface area (Å²) in [6.07, 6.45) is 6.72. The quantitative estimate of drug-likeness (QED) is 0.189. The number of aliphatic hydroxyl groups is 1. The minimum absolute atomic E-state index is 0.171. The number of piperazine rings is 1. The molecule has 4 saturated heterocycles. The van der Waals surface area contributed by atoms with Crippen LogP contribution in [-0.2, 0) is 32.0 Å². The van der Waals surface area contributed by atoms with Crippen LogP contribution in [0.1, 0.15) is 48.8 Å². The van der Waals surface area contributed by atoms with Gasteiger partial charge in [-0.15, -0.1) is 0 Å². The van der Waals surface area contributed by atoms with Crippen molar-refractivity contribution in [2.24, 2.45) is 5.92 Å². The molecule has 4 fully saturated rings. The molecule has 5 aromatic rings. The predicted molar refractivity (Wildman–Crippen MR) is 214 cm³/mol. The number of hydrogen-bond acceptors (Lipinski definition) is 9. The molecule has 0 radical (unpaired) electrons. The van der Waals surface area contributed by atoms with Gasteiger partial charge in [0.25, 0.3) is 11.8 Å². The Labute approximate surface area is 336 Å². The van der Waals surface area contributed by atoms with E-state index in [9.17, 15) is 19.5 Å². The molecule has 0 bridgehead atoms. The number of carbonyl (C=O) groups is 3. The zero-order valence-electron chi connectivity index (χ0n) is 32.9. The van der Waals surface area contributed by atoms with E-state index in [0.29, 0.717) is 43.9 Å². The second-order valence-corrected chi connectivity index (χ2v) is 16.3. The molecule has 14 nitrogen and oxygen atoms in total. The average molecular weight is 786 g/mol. The molecular formula is C44H49N8O6+. The minimum Gasteiger partial charge on any atom is -0.446 e. The van der Waals surface area contributed by atoms with E-state index in [1.54, 1.807) is 29.0 Å². The van der Waals surface area contributed by atoms with Gasteiger partial charge in [0.2, 0.25) is 23.2 Å².